The predicted octanol–water partition coefficient (Wildman–Crippen LogP) is 0.268. The average Bonchev–Trinajstić information content (AvgIpc) is 3.11. The van der Waals surface area contributed by atoms with E-state index in [1.54, 1.807) is 6.07 Å². The zero-order chi connectivity index (χ0) is 11.7. The maximum Gasteiger partial charge on any atom is 0.249 e. The normalized spacial score (nSPS) is 17.8. The van der Waals surface area contributed by atoms with E-state index in [-0.39, 0.29) is 5.56 Å². The van der Waals surface area contributed by atoms with Gasteiger partial charge in [-0.1, -0.05) is 0 Å². The van der Waals surface area contributed by atoms with Gasteiger partial charge >= 0.3 is 0 Å². The van der Waals surface area contributed by atoms with Crippen LogP contribution in [0.3, 0.4) is 0 Å². The van der Waals surface area contributed by atoms with Gasteiger partial charge in [0.25, 0.3) is 0 Å². The van der Waals surface area contributed by atoms with E-state index in [0.29, 0.717) is 11.1 Å². The number of methoxy groups -OCH3 is 1. The fourth-order valence-corrected chi connectivity index (χ4v) is 1.41. The highest BCUT2D eigenvalue weighted by Gasteiger charge is 2.29. The molecule has 0 bridgehead atoms. The second-order valence-electron chi connectivity index (χ2n) is 3.42. The van der Waals surface area contributed by atoms with Crippen LogP contribution in [0.15, 0.2) is 18.2 Å². The van der Waals surface area contributed by atoms with Crippen LogP contribution in [0.5, 0.6) is 0 Å². The Morgan fingerprint density at radius 3 is 2.25 bits per heavy atom. The highest BCUT2D eigenvalue weighted by atomic mass is 17.4. The molecule has 1 aromatic rings. The Hall–Kier alpha value is -1.02. The molecule has 88 valence electrons. The molecule has 1 unspecified atom stereocenters. The molecule has 16 heavy (non-hydrogen) atoms. The van der Waals surface area contributed by atoms with Crippen LogP contribution in [0.2, 0.25) is 0 Å². The summed E-state index contributed by atoms with van der Waals surface area (Å²) in [4.78, 5) is 9.22. The van der Waals surface area contributed by atoms with Gasteiger partial charge in [-0.3, -0.25) is 0 Å². The summed E-state index contributed by atoms with van der Waals surface area (Å²) >= 11 is 0. The molecule has 0 saturated carbocycles. The molecule has 2 rings (SSSR count). The Morgan fingerprint density at radius 1 is 1.12 bits per heavy atom. The number of aliphatic hydroxyl groups excluding tert-OH is 2. The van der Waals surface area contributed by atoms with E-state index < -0.39 is 18.9 Å². The number of hydrogen-bond acceptors (Lipinski definition) is 6. The summed E-state index contributed by atoms with van der Waals surface area (Å²) in [6, 6.07) is 4.57. The Bertz CT molecular complexity index is 353. The third kappa shape index (κ3) is 2.38. The first kappa shape index (κ1) is 11.5. The van der Waals surface area contributed by atoms with Crippen LogP contribution in [-0.4, -0.2) is 22.4 Å². The molecule has 1 atom stereocenters. The molecule has 0 radical (unpaired) electrons. The minimum absolute atomic E-state index is 0.239. The van der Waals surface area contributed by atoms with Crippen molar-refractivity contribution in [2.75, 3.05) is 7.11 Å². The average molecular weight is 228 g/mol. The summed E-state index contributed by atoms with van der Waals surface area (Å²) in [5, 5.41) is 27.7. The lowest BCUT2D eigenvalue weighted by molar-refractivity contribution is -0.0776. The maximum absolute atomic E-state index is 9.50. The van der Waals surface area contributed by atoms with Crippen molar-refractivity contribution in [3.63, 3.8) is 0 Å². The number of benzene rings is 1. The van der Waals surface area contributed by atoms with Gasteiger partial charge in [-0.2, -0.15) is 9.78 Å². The molecular weight excluding hydrogens is 216 g/mol. The van der Waals surface area contributed by atoms with Crippen molar-refractivity contribution >= 4 is 0 Å². The van der Waals surface area contributed by atoms with Crippen molar-refractivity contribution < 1.29 is 29.8 Å². The van der Waals surface area contributed by atoms with E-state index in [1.165, 1.54) is 19.2 Å². The van der Waals surface area contributed by atoms with Gasteiger partial charge < -0.3 is 20.1 Å². The van der Waals surface area contributed by atoms with E-state index >= 15 is 0 Å². The molecule has 1 aliphatic heterocycles. The summed E-state index contributed by atoms with van der Waals surface area (Å²) in [6.45, 7) is 0. The molecular formula is C10H12O6. The van der Waals surface area contributed by atoms with Crippen molar-refractivity contribution in [1.29, 1.82) is 0 Å². The van der Waals surface area contributed by atoms with Gasteiger partial charge in [-0.25, -0.2) is 0 Å². The van der Waals surface area contributed by atoms with Crippen LogP contribution >= 0.6 is 0 Å². The lowest BCUT2D eigenvalue weighted by Gasteiger charge is -2.12. The summed E-state index contributed by atoms with van der Waals surface area (Å²) in [7, 11) is 1.34. The Labute approximate surface area is 91.5 Å². The molecule has 6 heteroatoms. The van der Waals surface area contributed by atoms with Crippen LogP contribution < -0.4 is 0 Å². The van der Waals surface area contributed by atoms with Crippen molar-refractivity contribution in [2.45, 2.75) is 18.9 Å². The number of rotatable bonds is 4. The van der Waals surface area contributed by atoms with E-state index in [9.17, 15) is 5.11 Å². The van der Waals surface area contributed by atoms with Crippen molar-refractivity contribution in [1.82, 2.24) is 0 Å². The van der Waals surface area contributed by atoms with Crippen LogP contribution in [0.25, 0.3) is 0 Å². The molecule has 0 aliphatic carbocycles. The third-order valence-corrected chi connectivity index (χ3v) is 2.27. The Balaban J connectivity index is 2.36. The van der Waals surface area contributed by atoms with Gasteiger partial charge in [0, 0.05) is 23.8 Å². The van der Waals surface area contributed by atoms with E-state index in [1.807, 2.05) is 0 Å². The smallest absolute Gasteiger partial charge is 0.249 e. The topological polar surface area (TPSA) is 95.0 Å². The van der Waals surface area contributed by atoms with Crippen LogP contribution in [0.1, 0.15) is 35.6 Å². The predicted molar refractivity (Wildman–Crippen MR) is 50.5 cm³/mol. The molecule has 1 saturated heterocycles. The second kappa shape index (κ2) is 4.46. The zero-order valence-corrected chi connectivity index (χ0v) is 8.53. The first-order chi connectivity index (χ1) is 7.61. The standard InChI is InChI=1S/C10H12O6/c1-14-9(13)6-2-5(8(11)12)3-7(4-6)10-15-16-10/h2-4,8-13H,1H3. The van der Waals surface area contributed by atoms with E-state index in [2.05, 4.69) is 9.78 Å². The van der Waals surface area contributed by atoms with Crippen LogP contribution in [-0.2, 0) is 14.5 Å². The highest BCUT2D eigenvalue weighted by Crippen LogP contribution is 2.34. The van der Waals surface area contributed by atoms with Crippen molar-refractivity contribution in [3.05, 3.63) is 34.9 Å². The lowest BCUT2D eigenvalue weighted by atomic mass is 10.0. The van der Waals surface area contributed by atoms with Gasteiger partial charge in [-0.15, -0.1) is 0 Å². The molecule has 1 heterocycles. The van der Waals surface area contributed by atoms with Crippen molar-refractivity contribution in [3.8, 4) is 0 Å². The third-order valence-electron chi connectivity index (χ3n) is 2.27. The lowest BCUT2D eigenvalue weighted by Crippen LogP contribution is -2.04. The molecule has 0 spiro atoms. The fourth-order valence-electron chi connectivity index (χ4n) is 1.41. The fraction of sp³-hybridized carbons (Fsp3) is 0.400. The van der Waals surface area contributed by atoms with Gasteiger partial charge in [0.15, 0.2) is 12.6 Å². The molecule has 3 N–H and O–H groups in total. The molecule has 1 aromatic carbocycles. The minimum Gasteiger partial charge on any atom is -0.364 e. The monoisotopic (exact) mass is 228 g/mol. The van der Waals surface area contributed by atoms with Crippen LogP contribution in [0, 0.1) is 0 Å². The molecule has 0 amide bonds. The highest BCUT2D eigenvalue weighted by molar-refractivity contribution is 5.32. The van der Waals surface area contributed by atoms with Gasteiger partial charge in [0.1, 0.15) is 0 Å². The summed E-state index contributed by atoms with van der Waals surface area (Å²) in [6.07, 6.45) is -3.26. The molecule has 1 aliphatic rings. The first-order valence-corrected chi connectivity index (χ1v) is 4.65. The number of aliphatic hydroxyl groups is 3. The van der Waals surface area contributed by atoms with Crippen molar-refractivity contribution in [2.24, 2.45) is 0 Å². The molecule has 1 fully saturated rings. The maximum atomic E-state index is 9.50. The quantitative estimate of drug-likeness (QED) is 0.389. The summed E-state index contributed by atoms with van der Waals surface area (Å²) < 4.78 is 4.74. The zero-order valence-electron chi connectivity index (χ0n) is 8.53. The van der Waals surface area contributed by atoms with Gasteiger partial charge in [0.05, 0.1) is 0 Å². The molecule has 0 aromatic heterocycles. The van der Waals surface area contributed by atoms with Gasteiger partial charge in [-0.05, 0) is 18.2 Å². The van der Waals surface area contributed by atoms with E-state index in [4.69, 9.17) is 14.9 Å². The number of ether oxygens (including phenoxy) is 1. The number of hydrogen-bond donors (Lipinski definition) is 3. The SMILES string of the molecule is COC(O)c1cc(C(O)O)cc(C2OO2)c1. The Morgan fingerprint density at radius 2 is 1.75 bits per heavy atom. The van der Waals surface area contributed by atoms with Gasteiger partial charge in [0.2, 0.25) is 6.29 Å². The Kier molecular flexibility index (Phi) is 3.20. The first-order valence-electron chi connectivity index (χ1n) is 4.65. The summed E-state index contributed by atoms with van der Waals surface area (Å²) in [5.41, 5.74) is 1.24. The minimum atomic E-state index is -1.62. The largest absolute Gasteiger partial charge is 0.364 e. The summed E-state index contributed by atoms with van der Waals surface area (Å²) in [5.74, 6) is 0. The van der Waals surface area contributed by atoms with E-state index in [0.717, 1.165) is 0 Å². The van der Waals surface area contributed by atoms with Crippen LogP contribution in [0.4, 0.5) is 0 Å². The molecule has 6 nitrogen and oxygen atoms in total. The second-order valence-corrected chi connectivity index (χ2v) is 3.42.